The summed E-state index contributed by atoms with van der Waals surface area (Å²) in [5.41, 5.74) is 0. The minimum Gasteiger partial charge on any atom is -0.354 e. The molecule has 3 nitrogen and oxygen atoms in total. The van der Waals surface area contributed by atoms with Gasteiger partial charge >= 0.3 is 0 Å². The van der Waals surface area contributed by atoms with Gasteiger partial charge in [-0.05, 0) is 31.4 Å². The van der Waals surface area contributed by atoms with Crippen LogP contribution in [-0.4, -0.2) is 31.0 Å². The molecule has 0 atom stereocenters. The van der Waals surface area contributed by atoms with Gasteiger partial charge in [0.15, 0.2) is 5.96 Å². The predicted octanol–water partition coefficient (Wildman–Crippen LogP) is 2.96. The number of thiophene rings is 1. The molecule has 5 heteroatoms. The number of aliphatic imine (C=N–C) groups is 1. The summed E-state index contributed by atoms with van der Waals surface area (Å²) >= 11 is 7.55. The minimum atomic E-state index is 0.614. The number of hydrogen-bond donors (Lipinski definition) is 1. The molecule has 0 aromatic carbocycles. The monoisotopic (exact) mass is 271 g/mol. The van der Waals surface area contributed by atoms with Gasteiger partial charge < -0.3 is 10.2 Å². The fraction of sp³-hybridized carbons (Fsp3) is 0.583. The van der Waals surface area contributed by atoms with E-state index >= 15 is 0 Å². The number of nitrogens with zero attached hydrogens (tertiary/aromatic N) is 2. The molecule has 17 heavy (non-hydrogen) atoms. The summed E-state index contributed by atoms with van der Waals surface area (Å²) in [5, 5.41) is 3.48. The molecule has 0 saturated heterocycles. The van der Waals surface area contributed by atoms with Crippen LogP contribution < -0.4 is 5.32 Å². The van der Waals surface area contributed by atoms with Crippen molar-refractivity contribution in [1.29, 1.82) is 0 Å². The van der Waals surface area contributed by atoms with Crippen molar-refractivity contribution in [2.75, 3.05) is 14.1 Å². The standard InChI is InChI=1S/C12H18ClN3S/c1-14-12(15-9-4-3-5-9)16(2)8-10-6-7-11(13)17-10/h6-7,9H,3-5,8H2,1-2H3,(H,14,15). The Balaban J connectivity index is 1.90. The van der Waals surface area contributed by atoms with E-state index in [4.69, 9.17) is 11.6 Å². The summed E-state index contributed by atoms with van der Waals surface area (Å²) < 4.78 is 0.843. The van der Waals surface area contributed by atoms with Crippen molar-refractivity contribution in [2.24, 2.45) is 4.99 Å². The highest BCUT2D eigenvalue weighted by molar-refractivity contribution is 7.16. The van der Waals surface area contributed by atoms with Crippen LogP contribution in [0.5, 0.6) is 0 Å². The molecule has 1 fully saturated rings. The van der Waals surface area contributed by atoms with Gasteiger partial charge in [0.2, 0.25) is 0 Å². The SMILES string of the molecule is CN=C(NC1CCC1)N(C)Cc1ccc(Cl)s1. The summed E-state index contributed by atoms with van der Waals surface area (Å²) in [4.78, 5) is 7.71. The Morgan fingerprint density at radius 2 is 2.35 bits per heavy atom. The molecule has 1 aromatic heterocycles. The largest absolute Gasteiger partial charge is 0.354 e. The first-order chi connectivity index (χ1) is 8.19. The number of halogens is 1. The molecule has 1 aromatic rings. The van der Waals surface area contributed by atoms with Crippen molar-refractivity contribution in [3.63, 3.8) is 0 Å². The average Bonchev–Trinajstić information content (AvgIpc) is 2.62. The van der Waals surface area contributed by atoms with E-state index in [0.717, 1.165) is 16.8 Å². The Hall–Kier alpha value is -0.740. The Kier molecular flexibility index (Phi) is 4.29. The molecule has 0 unspecified atom stereocenters. The first kappa shape index (κ1) is 12.7. The van der Waals surface area contributed by atoms with Gasteiger partial charge in [-0.25, -0.2) is 0 Å². The van der Waals surface area contributed by atoms with Crippen molar-refractivity contribution in [3.8, 4) is 0 Å². The molecular weight excluding hydrogens is 254 g/mol. The molecule has 1 N–H and O–H groups in total. The normalized spacial score (nSPS) is 16.8. The molecule has 0 bridgehead atoms. The third kappa shape index (κ3) is 3.36. The maximum Gasteiger partial charge on any atom is 0.193 e. The van der Waals surface area contributed by atoms with Crippen molar-refractivity contribution in [2.45, 2.75) is 31.8 Å². The minimum absolute atomic E-state index is 0.614. The molecule has 94 valence electrons. The van der Waals surface area contributed by atoms with Gasteiger partial charge in [0.25, 0.3) is 0 Å². The maximum atomic E-state index is 5.93. The Bertz CT molecular complexity index is 398. The van der Waals surface area contributed by atoms with Crippen molar-refractivity contribution >= 4 is 28.9 Å². The quantitative estimate of drug-likeness (QED) is 0.676. The topological polar surface area (TPSA) is 27.6 Å². The molecule has 1 aliphatic carbocycles. The second-order valence-electron chi connectivity index (χ2n) is 4.38. The van der Waals surface area contributed by atoms with Crippen LogP contribution in [0.3, 0.4) is 0 Å². The van der Waals surface area contributed by atoms with E-state index in [0.29, 0.717) is 6.04 Å². The van der Waals surface area contributed by atoms with Crippen molar-refractivity contribution < 1.29 is 0 Å². The summed E-state index contributed by atoms with van der Waals surface area (Å²) in [6.45, 7) is 0.851. The summed E-state index contributed by atoms with van der Waals surface area (Å²) in [6, 6.07) is 4.63. The lowest BCUT2D eigenvalue weighted by atomic mass is 9.93. The summed E-state index contributed by atoms with van der Waals surface area (Å²) in [7, 11) is 3.89. The number of nitrogens with one attached hydrogen (secondary N) is 1. The van der Waals surface area contributed by atoms with Crippen LogP contribution >= 0.6 is 22.9 Å². The van der Waals surface area contributed by atoms with Crippen LogP contribution in [0.2, 0.25) is 4.34 Å². The van der Waals surface area contributed by atoms with Crippen LogP contribution in [-0.2, 0) is 6.54 Å². The van der Waals surface area contributed by atoms with Crippen LogP contribution in [0.25, 0.3) is 0 Å². The molecule has 0 spiro atoms. The fourth-order valence-electron chi connectivity index (χ4n) is 1.83. The maximum absolute atomic E-state index is 5.93. The molecule has 1 aliphatic rings. The van der Waals surface area contributed by atoms with E-state index in [1.807, 2.05) is 13.1 Å². The van der Waals surface area contributed by atoms with E-state index in [1.54, 1.807) is 11.3 Å². The summed E-state index contributed by atoms with van der Waals surface area (Å²) in [6.07, 6.45) is 3.86. The second-order valence-corrected chi connectivity index (χ2v) is 6.18. The van der Waals surface area contributed by atoms with Crippen LogP contribution in [0.1, 0.15) is 24.1 Å². The molecule has 0 radical (unpaired) electrons. The molecule has 0 aliphatic heterocycles. The van der Waals surface area contributed by atoms with Gasteiger partial charge in [0, 0.05) is 25.0 Å². The van der Waals surface area contributed by atoms with Gasteiger partial charge in [-0.1, -0.05) is 11.6 Å². The Morgan fingerprint density at radius 1 is 1.59 bits per heavy atom. The zero-order valence-corrected chi connectivity index (χ0v) is 11.8. The fourth-order valence-corrected chi connectivity index (χ4v) is 2.97. The van der Waals surface area contributed by atoms with Gasteiger partial charge in [-0.3, -0.25) is 4.99 Å². The molecule has 1 heterocycles. The smallest absolute Gasteiger partial charge is 0.193 e. The van der Waals surface area contributed by atoms with E-state index in [1.165, 1.54) is 24.1 Å². The van der Waals surface area contributed by atoms with E-state index < -0.39 is 0 Å². The van der Waals surface area contributed by atoms with Gasteiger partial charge in [0.05, 0.1) is 10.9 Å². The van der Waals surface area contributed by atoms with Crippen molar-refractivity contribution in [1.82, 2.24) is 10.2 Å². The lowest BCUT2D eigenvalue weighted by Gasteiger charge is -2.31. The van der Waals surface area contributed by atoms with E-state index in [-0.39, 0.29) is 0 Å². The Labute approximate surface area is 111 Å². The predicted molar refractivity (Wildman–Crippen MR) is 74.9 cm³/mol. The molecule has 1 saturated carbocycles. The molecule has 2 rings (SSSR count). The lowest BCUT2D eigenvalue weighted by Crippen LogP contribution is -2.46. The summed E-state index contributed by atoms with van der Waals surface area (Å²) in [5.74, 6) is 0.972. The van der Waals surface area contributed by atoms with Gasteiger partial charge in [-0.15, -0.1) is 11.3 Å². The number of rotatable bonds is 3. The second kappa shape index (κ2) is 5.74. The number of hydrogen-bond acceptors (Lipinski definition) is 2. The third-order valence-electron chi connectivity index (χ3n) is 3.03. The van der Waals surface area contributed by atoms with Gasteiger partial charge in [0.1, 0.15) is 0 Å². The Morgan fingerprint density at radius 3 is 2.82 bits per heavy atom. The highest BCUT2D eigenvalue weighted by Crippen LogP contribution is 2.23. The van der Waals surface area contributed by atoms with E-state index in [2.05, 4.69) is 28.3 Å². The highest BCUT2D eigenvalue weighted by atomic mass is 35.5. The third-order valence-corrected chi connectivity index (χ3v) is 4.25. The van der Waals surface area contributed by atoms with E-state index in [9.17, 15) is 0 Å². The van der Waals surface area contributed by atoms with Crippen LogP contribution in [0.4, 0.5) is 0 Å². The van der Waals surface area contributed by atoms with Gasteiger partial charge in [-0.2, -0.15) is 0 Å². The van der Waals surface area contributed by atoms with Crippen LogP contribution in [0.15, 0.2) is 17.1 Å². The average molecular weight is 272 g/mol. The highest BCUT2D eigenvalue weighted by Gasteiger charge is 2.19. The lowest BCUT2D eigenvalue weighted by molar-refractivity contribution is 0.360. The molecule has 0 amide bonds. The zero-order chi connectivity index (χ0) is 12.3. The van der Waals surface area contributed by atoms with Crippen LogP contribution in [0, 0.1) is 0 Å². The molecular formula is C12H18ClN3S. The first-order valence-corrected chi connectivity index (χ1v) is 7.07. The number of guanidine groups is 1. The zero-order valence-electron chi connectivity index (χ0n) is 10.2. The van der Waals surface area contributed by atoms with Crippen molar-refractivity contribution in [3.05, 3.63) is 21.3 Å². The first-order valence-electron chi connectivity index (χ1n) is 5.87.